The third kappa shape index (κ3) is 2.21. The first-order valence-electron chi connectivity index (χ1n) is 5.30. The molecular weight excluding hydrogens is 300 g/mol. The van der Waals surface area contributed by atoms with Crippen LogP contribution in [-0.2, 0) is 11.3 Å². The van der Waals surface area contributed by atoms with Gasteiger partial charge in [-0.25, -0.2) is 4.68 Å². The van der Waals surface area contributed by atoms with Crippen molar-refractivity contribution in [3.8, 4) is 11.4 Å². The summed E-state index contributed by atoms with van der Waals surface area (Å²) in [5, 5.41) is 2.99. The van der Waals surface area contributed by atoms with Gasteiger partial charge in [-0.05, 0) is 28.1 Å². The van der Waals surface area contributed by atoms with E-state index in [0.29, 0.717) is 28.2 Å². The number of methoxy groups -OCH3 is 2. The molecule has 2 rings (SSSR count). The van der Waals surface area contributed by atoms with Gasteiger partial charge in [0, 0.05) is 7.11 Å². The first kappa shape index (κ1) is 12.9. The smallest absolute Gasteiger partial charge is 0.286 e. The number of aromatic nitrogens is 2. The number of nitrogens with one attached hydrogen (secondary N) is 1. The molecule has 0 radical (unpaired) electrons. The molecule has 5 nitrogen and oxygen atoms in total. The van der Waals surface area contributed by atoms with Crippen molar-refractivity contribution in [3.05, 3.63) is 44.8 Å². The number of para-hydroxylation sites is 2. The Balaban J connectivity index is 2.57. The highest BCUT2D eigenvalue weighted by Gasteiger charge is 2.14. The number of benzene rings is 1. The van der Waals surface area contributed by atoms with Gasteiger partial charge in [0.1, 0.15) is 15.9 Å². The highest BCUT2D eigenvalue weighted by atomic mass is 79.9. The van der Waals surface area contributed by atoms with Gasteiger partial charge in [0.15, 0.2) is 0 Å². The van der Waals surface area contributed by atoms with E-state index in [-0.39, 0.29) is 5.56 Å². The fraction of sp³-hybridized carbons (Fsp3) is 0.250. The Morgan fingerprint density at radius 1 is 1.33 bits per heavy atom. The van der Waals surface area contributed by atoms with Gasteiger partial charge in [0.05, 0.1) is 19.4 Å². The topological polar surface area (TPSA) is 56.2 Å². The number of hydrogen-bond donors (Lipinski definition) is 1. The van der Waals surface area contributed by atoms with Crippen molar-refractivity contribution in [2.24, 2.45) is 0 Å². The van der Waals surface area contributed by atoms with Gasteiger partial charge in [-0.2, -0.15) is 0 Å². The van der Waals surface area contributed by atoms with Crippen LogP contribution in [0.5, 0.6) is 5.75 Å². The van der Waals surface area contributed by atoms with E-state index < -0.39 is 0 Å². The molecule has 1 heterocycles. The Morgan fingerprint density at radius 2 is 2.06 bits per heavy atom. The zero-order chi connectivity index (χ0) is 13.1. The first-order chi connectivity index (χ1) is 8.69. The maximum absolute atomic E-state index is 12.1. The van der Waals surface area contributed by atoms with E-state index in [9.17, 15) is 4.79 Å². The summed E-state index contributed by atoms with van der Waals surface area (Å²) in [5.74, 6) is 0.623. The van der Waals surface area contributed by atoms with Crippen molar-refractivity contribution < 1.29 is 9.47 Å². The molecule has 6 heteroatoms. The number of hydrogen-bond acceptors (Lipinski definition) is 3. The second-order valence-corrected chi connectivity index (χ2v) is 4.44. The summed E-state index contributed by atoms with van der Waals surface area (Å²) in [6.45, 7) is 0.331. The molecule has 1 aromatic heterocycles. The average molecular weight is 313 g/mol. The predicted molar refractivity (Wildman–Crippen MR) is 71.4 cm³/mol. The first-order valence-corrected chi connectivity index (χ1v) is 6.10. The van der Waals surface area contributed by atoms with Crippen molar-refractivity contribution in [1.82, 2.24) is 9.78 Å². The van der Waals surface area contributed by atoms with E-state index in [2.05, 4.69) is 21.0 Å². The lowest BCUT2D eigenvalue weighted by Gasteiger charge is -2.07. The van der Waals surface area contributed by atoms with E-state index in [0.717, 1.165) is 0 Å². The van der Waals surface area contributed by atoms with Crippen molar-refractivity contribution >= 4 is 15.9 Å². The van der Waals surface area contributed by atoms with E-state index in [1.54, 1.807) is 26.4 Å². The Labute approximate surface area is 112 Å². The largest absolute Gasteiger partial charge is 0.494 e. The number of halogens is 1. The molecule has 0 saturated carbocycles. The quantitative estimate of drug-likeness (QED) is 0.940. The minimum Gasteiger partial charge on any atom is -0.494 e. The van der Waals surface area contributed by atoms with Crippen molar-refractivity contribution in [2.75, 3.05) is 14.2 Å². The van der Waals surface area contributed by atoms with Crippen LogP contribution >= 0.6 is 15.9 Å². The van der Waals surface area contributed by atoms with Gasteiger partial charge in [-0.3, -0.25) is 9.89 Å². The van der Waals surface area contributed by atoms with Crippen LogP contribution in [0, 0.1) is 0 Å². The average Bonchev–Trinajstić information content (AvgIpc) is 2.67. The molecule has 0 unspecified atom stereocenters. The molecule has 1 N–H and O–H groups in total. The summed E-state index contributed by atoms with van der Waals surface area (Å²) in [4.78, 5) is 12.1. The van der Waals surface area contributed by atoms with Crippen LogP contribution in [0.1, 0.15) is 5.69 Å². The second-order valence-electron chi connectivity index (χ2n) is 3.65. The normalized spacial score (nSPS) is 10.6. The molecular formula is C12H13BrN2O3. The molecule has 0 atom stereocenters. The molecule has 2 aromatic rings. The number of aromatic amines is 1. The summed E-state index contributed by atoms with van der Waals surface area (Å²) in [7, 11) is 3.14. The predicted octanol–water partition coefficient (Wildman–Crippen LogP) is 2.08. The minimum absolute atomic E-state index is 0.174. The number of rotatable bonds is 4. The van der Waals surface area contributed by atoms with Crippen LogP contribution < -0.4 is 10.3 Å². The summed E-state index contributed by atoms with van der Waals surface area (Å²) in [6.07, 6.45) is 0. The third-order valence-corrected chi connectivity index (χ3v) is 3.34. The van der Waals surface area contributed by atoms with Gasteiger partial charge in [-0.15, -0.1) is 0 Å². The molecule has 0 aliphatic rings. The molecule has 0 amide bonds. The lowest BCUT2D eigenvalue weighted by molar-refractivity contribution is 0.180. The van der Waals surface area contributed by atoms with E-state index in [1.807, 2.05) is 12.1 Å². The lowest BCUT2D eigenvalue weighted by atomic mass is 10.3. The van der Waals surface area contributed by atoms with Crippen LogP contribution in [-0.4, -0.2) is 24.0 Å². The Kier molecular flexibility index (Phi) is 3.88. The Bertz CT molecular complexity index is 604. The standard InChI is InChI=1S/C12H13BrN2O3/c1-17-7-8-11(13)12(16)15(14-8)9-5-3-4-6-10(9)18-2/h3-6,14H,7H2,1-2H3. The number of nitrogens with zero attached hydrogens (tertiary/aromatic N) is 1. The highest BCUT2D eigenvalue weighted by Crippen LogP contribution is 2.22. The number of H-pyrrole nitrogens is 1. The van der Waals surface area contributed by atoms with Gasteiger partial charge in [0.2, 0.25) is 0 Å². The molecule has 18 heavy (non-hydrogen) atoms. The Morgan fingerprint density at radius 3 is 2.72 bits per heavy atom. The molecule has 0 fully saturated rings. The summed E-state index contributed by atoms with van der Waals surface area (Å²) >= 11 is 3.26. The molecule has 0 aliphatic heterocycles. The molecule has 0 spiro atoms. The fourth-order valence-electron chi connectivity index (χ4n) is 1.69. The van der Waals surface area contributed by atoms with Gasteiger partial charge >= 0.3 is 0 Å². The summed E-state index contributed by atoms with van der Waals surface area (Å²) in [5.41, 5.74) is 1.17. The van der Waals surface area contributed by atoms with E-state index in [4.69, 9.17) is 9.47 Å². The highest BCUT2D eigenvalue weighted by molar-refractivity contribution is 9.10. The molecule has 0 saturated heterocycles. The summed E-state index contributed by atoms with van der Waals surface area (Å²) in [6, 6.07) is 7.29. The number of ether oxygens (including phenoxy) is 2. The van der Waals surface area contributed by atoms with Gasteiger partial charge < -0.3 is 9.47 Å². The molecule has 0 bridgehead atoms. The summed E-state index contributed by atoms with van der Waals surface area (Å²) < 4.78 is 12.2. The Hall–Kier alpha value is -1.53. The zero-order valence-corrected chi connectivity index (χ0v) is 11.7. The lowest BCUT2D eigenvalue weighted by Crippen LogP contribution is -2.15. The SMILES string of the molecule is COCc1[nH]n(-c2ccccc2OC)c(=O)c1Br. The van der Waals surface area contributed by atoms with Crippen LogP contribution in [0.25, 0.3) is 5.69 Å². The van der Waals surface area contributed by atoms with Gasteiger partial charge in [0.25, 0.3) is 5.56 Å². The van der Waals surface area contributed by atoms with Gasteiger partial charge in [-0.1, -0.05) is 12.1 Å². The molecule has 1 aromatic carbocycles. The van der Waals surface area contributed by atoms with E-state index >= 15 is 0 Å². The van der Waals surface area contributed by atoms with Crippen molar-refractivity contribution in [2.45, 2.75) is 6.61 Å². The fourth-order valence-corrected chi connectivity index (χ4v) is 2.07. The van der Waals surface area contributed by atoms with Crippen LogP contribution in [0.15, 0.2) is 33.5 Å². The monoisotopic (exact) mass is 312 g/mol. The zero-order valence-electron chi connectivity index (χ0n) is 10.1. The maximum Gasteiger partial charge on any atom is 0.286 e. The second kappa shape index (κ2) is 5.41. The molecule has 96 valence electrons. The third-order valence-electron chi connectivity index (χ3n) is 2.52. The van der Waals surface area contributed by atoms with Crippen LogP contribution in [0.3, 0.4) is 0 Å². The maximum atomic E-state index is 12.1. The molecule has 0 aliphatic carbocycles. The van der Waals surface area contributed by atoms with Crippen LogP contribution in [0.4, 0.5) is 0 Å². The van der Waals surface area contributed by atoms with E-state index in [1.165, 1.54) is 4.68 Å². The van der Waals surface area contributed by atoms with Crippen molar-refractivity contribution in [3.63, 3.8) is 0 Å². The van der Waals surface area contributed by atoms with Crippen molar-refractivity contribution in [1.29, 1.82) is 0 Å². The minimum atomic E-state index is -0.174. The van der Waals surface area contributed by atoms with Crippen LogP contribution in [0.2, 0.25) is 0 Å².